The summed E-state index contributed by atoms with van der Waals surface area (Å²) in [6, 6.07) is 7.89. The molecule has 1 fully saturated rings. The summed E-state index contributed by atoms with van der Waals surface area (Å²) in [6.45, 7) is 2.70. The normalized spacial score (nSPS) is 21.2. The van der Waals surface area contributed by atoms with E-state index in [0.29, 0.717) is 31.7 Å². The highest BCUT2D eigenvalue weighted by Crippen LogP contribution is 2.32. The number of methoxy groups -OCH3 is 1. The zero-order valence-corrected chi connectivity index (χ0v) is 15.0. The van der Waals surface area contributed by atoms with Crippen LogP contribution in [0.1, 0.15) is 26.2 Å². The summed E-state index contributed by atoms with van der Waals surface area (Å²) in [4.78, 5) is 24.2. The second-order valence-electron chi connectivity index (χ2n) is 6.36. The number of hydrogen-bond donors (Lipinski definition) is 2. The lowest BCUT2D eigenvalue weighted by Gasteiger charge is -2.16. The van der Waals surface area contributed by atoms with Gasteiger partial charge in [-0.05, 0) is 37.3 Å². The fraction of sp³-hybridized carbons (Fsp3) is 0.556. The molecule has 1 amide bonds. The molecule has 1 aromatic rings. The Balaban J connectivity index is 1.72. The highest BCUT2D eigenvalue weighted by Gasteiger charge is 2.33. The molecule has 6 heteroatoms. The summed E-state index contributed by atoms with van der Waals surface area (Å²) in [7, 11) is 1.66. The van der Waals surface area contributed by atoms with Gasteiger partial charge < -0.3 is 15.2 Å². The van der Waals surface area contributed by atoms with Crippen LogP contribution in [0.2, 0.25) is 0 Å². The van der Waals surface area contributed by atoms with Gasteiger partial charge in [-0.1, -0.05) is 19.1 Å². The molecule has 0 bridgehead atoms. The largest absolute Gasteiger partial charge is 0.496 e. The molecule has 2 N–H and O–H groups in total. The van der Waals surface area contributed by atoms with Crippen LogP contribution in [0.5, 0.6) is 5.75 Å². The van der Waals surface area contributed by atoms with E-state index in [-0.39, 0.29) is 17.7 Å². The second kappa shape index (κ2) is 8.97. The van der Waals surface area contributed by atoms with Crippen molar-refractivity contribution in [2.45, 2.75) is 31.1 Å². The molecule has 0 radical (unpaired) electrons. The number of nitrogens with one attached hydrogen (secondary N) is 1. The Labute approximate surface area is 147 Å². The molecule has 24 heavy (non-hydrogen) atoms. The summed E-state index contributed by atoms with van der Waals surface area (Å²) < 4.78 is 5.33. The van der Waals surface area contributed by atoms with Crippen molar-refractivity contribution >= 4 is 23.6 Å². The van der Waals surface area contributed by atoms with Crippen molar-refractivity contribution < 1.29 is 19.4 Å². The average molecular weight is 351 g/mol. The molecule has 5 nitrogen and oxygen atoms in total. The number of para-hydroxylation sites is 1. The van der Waals surface area contributed by atoms with Crippen LogP contribution in [0.4, 0.5) is 0 Å². The number of ether oxygens (including phenoxy) is 1. The van der Waals surface area contributed by atoms with Crippen molar-refractivity contribution in [2.24, 2.45) is 17.8 Å². The van der Waals surface area contributed by atoms with E-state index in [2.05, 4.69) is 12.2 Å². The Morgan fingerprint density at radius 1 is 1.33 bits per heavy atom. The van der Waals surface area contributed by atoms with Gasteiger partial charge in [0, 0.05) is 23.1 Å². The molecular weight excluding hydrogens is 326 g/mol. The molecule has 0 aliphatic heterocycles. The van der Waals surface area contributed by atoms with E-state index in [0.717, 1.165) is 16.4 Å². The lowest BCUT2D eigenvalue weighted by molar-refractivity contribution is -0.141. The van der Waals surface area contributed by atoms with Gasteiger partial charge in [0.15, 0.2) is 0 Å². The van der Waals surface area contributed by atoms with Gasteiger partial charge in [0.2, 0.25) is 5.91 Å². The molecule has 3 atom stereocenters. The molecule has 2 rings (SSSR count). The summed E-state index contributed by atoms with van der Waals surface area (Å²) >= 11 is 1.71. The molecule has 0 saturated heterocycles. The van der Waals surface area contributed by atoms with E-state index in [1.807, 2.05) is 24.3 Å². The Morgan fingerprint density at radius 3 is 2.71 bits per heavy atom. The Hall–Kier alpha value is -1.69. The number of thioether (sulfide) groups is 1. The Bertz CT molecular complexity index is 578. The maximum Gasteiger partial charge on any atom is 0.306 e. The predicted molar refractivity (Wildman–Crippen MR) is 94.4 cm³/mol. The molecule has 1 unspecified atom stereocenters. The summed E-state index contributed by atoms with van der Waals surface area (Å²) in [5.74, 6) is 0.757. The fourth-order valence-corrected chi connectivity index (χ4v) is 3.94. The molecular formula is C18H25NO4S. The van der Waals surface area contributed by atoms with E-state index in [1.165, 1.54) is 0 Å². The fourth-order valence-electron chi connectivity index (χ4n) is 2.89. The van der Waals surface area contributed by atoms with Crippen molar-refractivity contribution in [1.29, 1.82) is 0 Å². The first kappa shape index (κ1) is 18.6. The van der Waals surface area contributed by atoms with E-state index in [1.54, 1.807) is 18.9 Å². The number of carboxylic acid groups (broad SMARTS) is 1. The highest BCUT2D eigenvalue weighted by atomic mass is 32.2. The molecule has 1 aromatic carbocycles. The molecule has 132 valence electrons. The van der Waals surface area contributed by atoms with Gasteiger partial charge in [-0.15, -0.1) is 11.8 Å². The number of carboxylic acids is 1. The van der Waals surface area contributed by atoms with Crippen LogP contribution in [0.15, 0.2) is 29.2 Å². The maximum absolute atomic E-state index is 12.2. The minimum atomic E-state index is -0.785. The van der Waals surface area contributed by atoms with Crippen LogP contribution in [0.3, 0.4) is 0 Å². The van der Waals surface area contributed by atoms with Gasteiger partial charge in [-0.3, -0.25) is 9.59 Å². The van der Waals surface area contributed by atoms with Crippen molar-refractivity contribution in [1.82, 2.24) is 5.32 Å². The topological polar surface area (TPSA) is 75.6 Å². The number of aliphatic carboxylic acids is 1. The molecule has 1 aliphatic rings. The SMILES string of the molecule is COc1ccccc1SCC(C)CNC(=O)[C@@H]1CC[C@H](C(=O)O)C1. The van der Waals surface area contributed by atoms with Crippen molar-refractivity contribution in [3.05, 3.63) is 24.3 Å². The van der Waals surface area contributed by atoms with Crippen molar-refractivity contribution in [3.63, 3.8) is 0 Å². The quantitative estimate of drug-likeness (QED) is 0.704. The minimum absolute atomic E-state index is 0.00658. The van der Waals surface area contributed by atoms with Crippen LogP contribution in [-0.2, 0) is 9.59 Å². The summed E-state index contributed by atoms with van der Waals surface area (Å²) in [5.41, 5.74) is 0. The van der Waals surface area contributed by atoms with Crippen LogP contribution < -0.4 is 10.1 Å². The average Bonchev–Trinajstić information content (AvgIpc) is 3.08. The molecule has 0 heterocycles. The van der Waals surface area contributed by atoms with Gasteiger partial charge in [-0.2, -0.15) is 0 Å². The second-order valence-corrected chi connectivity index (χ2v) is 7.42. The lowest BCUT2D eigenvalue weighted by atomic mass is 10.0. The molecule has 1 saturated carbocycles. The molecule has 1 aliphatic carbocycles. The van der Waals surface area contributed by atoms with Crippen LogP contribution in [-0.4, -0.2) is 36.4 Å². The van der Waals surface area contributed by atoms with E-state index >= 15 is 0 Å². The van der Waals surface area contributed by atoms with Gasteiger partial charge in [0.05, 0.1) is 13.0 Å². The monoisotopic (exact) mass is 351 g/mol. The number of amides is 1. The number of carbonyl (C=O) groups excluding carboxylic acids is 1. The van der Waals surface area contributed by atoms with Crippen LogP contribution >= 0.6 is 11.8 Å². The van der Waals surface area contributed by atoms with E-state index in [4.69, 9.17) is 9.84 Å². The smallest absolute Gasteiger partial charge is 0.306 e. The van der Waals surface area contributed by atoms with Crippen molar-refractivity contribution in [3.8, 4) is 5.75 Å². The zero-order valence-electron chi connectivity index (χ0n) is 14.2. The first-order chi connectivity index (χ1) is 11.5. The third-order valence-corrected chi connectivity index (χ3v) is 5.75. The van der Waals surface area contributed by atoms with Gasteiger partial charge in [0.25, 0.3) is 0 Å². The van der Waals surface area contributed by atoms with Crippen LogP contribution in [0.25, 0.3) is 0 Å². The Morgan fingerprint density at radius 2 is 2.04 bits per heavy atom. The number of hydrogen-bond acceptors (Lipinski definition) is 4. The number of rotatable bonds is 8. The molecule has 0 spiro atoms. The van der Waals surface area contributed by atoms with E-state index in [9.17, 15) is 9.59 Å². The van der Waals surface area contributed by atoms with Gasteiger partial charge in [-0.25, -0.2) is 0 Å². The summed E-state index contributed by atoms with van der Waals surface area (Å²) in [5, 5.41) is 12.0. The number of carbonyl (C=O) groups is 2. The van der Waals surface area contributed by atoms with Gasteiger partial charge >= 0.3 is 5.97 Å². The standard InChI is InChI=1S/C18H25NO4S/c1-12(11-24-16-6-4-3-5-15(16)23-2)10-19-17(20)13-7-8-14(9-13)18(21)22/h3-6,12-14H,7-11H2,1-2H3,(H,19,20)(H,21,22)/t12?,13-,14+/m1/s1. The molecule has 0 aromatic heterocycles. The zero-order chi connectivity index (χ0) is 17.5. The predicted octanol–water partition coefficient (Wildman–Crippen LogP) is 3.04. The van der Waals surface area contributed by atoms with Crippen molar-refractivity contribution in [2.75, 3.05) is 19.4 Å². The minimum Gasteiger partial charge on any atom is -0.496 e. The third-order valence-electron chi connectivity index (χ3n) is 4.37. The van der Waals surface area contributed by atoms with E-state index < -0.39 is 5.97 Å². The Kier molecular flexibility index (Phi) is 6.97. The van der Waals surface area contributed by atoms with Crippen LogP contribution in [0, 0.1) is 17.8 Å². The maximum atomic E-state index is 12.2. The lowest BCUT2D eigenvalue weighted by Crippen LogP contribution is -2.33. The highest BCUT2D eigenvalue weighted by molar-refractivity contribution is 7.99. The first-order valence-electron chi connectivity index (χ1n) is 8.27. The summed E-state index contributed by atoms with van der Waals surface area (Å²) in [6.07, 6.45) is 1.74. The first-order valence-corrected chi connectivity index (χ1v) is 9.26. The number of benzene rings is 1. The van der Waals surface area contributed by atoms with Gasteiger partial charge in [0.1, 0.15) is 5.75 Å². The third kappa shape index (κ3) is 5.16.